The maximum absolute atomic E-state index is 12.8. The van der Waals surface area contributed by atoms with Gasteiger partial charge in [0.2, 0.25) is 0 Å². The fourth-order valence-corrected chi connectivity index (χ4v) is 5.48. The zero-order valence-corrected chi connectivity index (χ0v) is 16.1. The number of amides is 1. The molecule has 0 saturated carbocycles. The Morgan fingerprint density at radius 3 is 2.89 bits per heavy atom. The zero-order chi connectivity index (χ0) is 19.5. The minimum Gasteiger partial charge on any atom is -0.543 e. The van der Waals surface area contributed by atoms with Crippen LogP contribution in [0.15, 0.2) is 17.2 Å². The summed E-state index contributed by atoms with van der Waals surface area (Å²) in [6.07, 6.45) is -1.17. The number of nitrogens with zero attached hydrogens (tertiary/aromatic N) is 3. The zero-order valence-electron chi connectivity index (χ0n) is 13.7. The molecule has 1 aromatic heterocycles. The molecular formula is C15H11BrN3O7S-. The molecule has 0 aliphatic carbocycles. The summed E-state index contributed by atoms with van der Waals surface area (Å²) in [5.74, 6) is -3.30. The van der Waals surface area contributed by atoms with Crippen LogP contribution in [0.3, 0.4) is 0 Å². The number of aromatic nitrogens is 2. The Bertz CT molecular complexity index is 929. The van der Waals surface area contributed by atoms with E-state index in [1.165, 1.54) is 23.1 Å². The van der Waals surface area contributed by atoms with Gasteiger partial charge in [0.25, 0.3) is 5.91 Å². The van der Waals surface area contributed by atoms with Gasteiger partial charge in [-0.15, -0.1) is 11.8 Å². The molecule has 0 spiro atoms. The van der Waals surface area contributed by atoms with Crippen LogP contribution in [0.25, 0.3) is 0 Å². The van der Waals surface area contributed by atoms with Crippen LogP contribution < -0.4 is 5.11 Å². The number of rotatable bonds is 4. The molecule has 142 valence electrons. The lowest BCUT2D eigenvalue weighted by Crippen LogP contribution is -2.70. The summed E-state index contributed by atoms with van der Waals surface area (Å²) in [5.41, 5.74) is 0.117. The Morgan fingerprint density at radius 1 is 1.52 bits per heavy atom. The number of thioether (sulfide) groups is 1. The van der Waals surface area contributed by atoms with Gasteiger partial charge in [0, 0.05) is 6.92 Å². The number of carbonyl (C=O) groups excluding carboxylic acids is 4. The lowest BCUT2D eigenvalue weighted by atomic mass is 9.88. The second-order valence-corrected chi connectivity index (χ2v) is 8.29. The van der Waals surface area contributed by atoms with Crippen LogP contribution >= 0.6 is 27.7 Å². The molecule has 3 aliphatic heterocycles. The van der Waals surface area contributed by atoms with E-state index in [1.54, 1.807) is 0 Å². The molecule has 10 nitrogen and oxygen atoms in total. The maximum Gasteiger partial charge on any atom is 0.356 e. The topological polar surface area (TPSA) is 131 Å². The van der Waals surface area contributed by atoms with Gasteiger partial charge >= 0.3 is 11.9 Å². The molecule has 3 atom stereocenters. The summed E-state index contributed by atoms with van der Waals surface area (Å²) in [7, 11) is 0. The Morgan fingerprint density at radius 2 is 2.26 bits per heavy atom. The Balaban J connectivity index is 1.72. The van der Waals surface area contributed by atoms with E-state index in [4.69, 9.17) is 9.47 Å². The van der Waals surface area contributed by atoms with Crippen molar-refractivity contribution in [3.05, 3.63) is 28.6 Å². The van der Waals surface area contributed by atoms with Gasteiger partial charge in [-0.1, -0.05) is 15.9 Å². The Labute approximate surface area is 164 Å². The number of hydrogen-bond acceptors (Lipinski definition) is 9. The largest absolute Gasteiger partial charge is 0.543 e. The second-order valence-electron chi connectivity index (χ2n) is 6.03. The molecule has 12 heteroatoms. The molecular weight excluding hydrogens is 446 g/mol. The number of ether oxygens (including phenoxy) is 2. The van der Waals surface area contributed by atoms with E-state index >= 15 is 0 Å². The summed E-state index contributed by atoms with van der Waals surface area (Å²) in [6.45, 7) is 1.67. The Hall–Kier alpha value is -2.34. The number of carboxylic acid groups (broad SMARTS) is 1. The number of cyclic esters (lactones) is 1. The third kappa shape index (κ3) is 2.50. The first-order valence-electron chi connectivity index (χ1n) is 7.76. The number of carboxylic acids is 1. The highest BCUT2D eigenvalue weighted by atomic mass is 79.9. The summed E-state index contributed by atoms with van der Waals surface area (Å²) < 4.78 is 10.3. The average Bonchev–Trinajstić information content (AvgIpc) is 3.22. The van der Waals surface area contributed by atoms with Crippen molar-refractivity contribution in [3.8, 4) is 0 Å². The number of fused-ring (bicyclic) bond motifs is 2. The first-order chi connectivity index (χ1) is 12.7. The molecule has 1 amide bonds. The lowest BCUT2D eigenvalue weighted by molar-refractivity contribution is -0.301. The highest BCUT2D eigenvalue weighted by molar-refractivity contribution is 9.10. The monoisotopic (exact) mass is 456 g/mol. The van der Waals surface area contributed by atoms with E-state index in [0.717, 1.165) is 16.7 Å². The van der Waals surface area contributed by atoms with E-state index in [-0.39, 0.29) is 23.7 Å². The van der Waals surface area contributed by atoms with E-state index < -0.39 is 39.6 Å². The highest BCUT2D eigenvalue weighted by Crippen LogP contribution is 2.57. The van der Waals surface area contributed by atoms with Gasteiger partial charge in [-0.25, -0.2) is 4.79 Å². The van der Waals surface area contributed by atoms with Crippen LogP contribution in [0.5, 0.6) is 0 Å². The van der Waals surface area contributed by atoms with E-state index in [1.807, 2.05) is 0 Å². The predicted octanol–water partition coefficient (Wildman–Crippen LogP) is -0.702. The van der Waals surface area contributed by atoms with Crippen LogP contribution in [0, 0.1) is 0 Å². The molecule has 1 saturated heterocycles. The van der Waals surface area contributed by atoms with Crippen molar-refractivity contribution < 1.29 is 33.8 Å². The van der Waals surface area contributed by atoms with Crippen molar-refractivity contribution in [1.29, 1.82) is 0 Å². The van der Waals surface area contributed by atoms with Crippen molar-refractivity contribution in [2.45, 2.75) is 29.3 Å². The first-order valence-corrected chi connectivity index (χ1v) is 9.50. The van der Waals surface area contributed by atoms with Crippen LogP contribution in [0.4, 0.5) is 0 Å². The summed E-state index contributed by atoms with van der Waals surface area (Å²) in [6, 6.07) is 1.40. The van der Waals surface area contributed by atoms with Crippen molar-refractivity contribution in [2.24, 2.45) is 0 Å². The molecule has 0 aromatic carbocycles. The van der Waals surface area contributed by atoms with Crippen LogP contribution in [-0.4, -0.2) is 54.8 Å². The van der Waals surface area contributed by atoms with Gasteiger partial charge in [-0.3, -0.25) is 19.2 Å². The van der Waals surface area contributed by atoms with Crippen LogP contribution in [0.2, 0.25) is 0 Å². The SMILES string of the molecule is CC(=O)OC(c1cc2n(n1)CCOC2=O)C1(Br)C(=O)N2C(C(=O)[O-])=CS[C@@H]21. The summed E-state index contributed by atoms with van der Waals surface area (Å²) in [4.78, 5) is 48.6. The fourth-order valence-electron chi connectivity index (χ4n) is 3.21. The second kappa shape index (κ2) is 6.09. The van der Waals surface area contributed by atoms with Gasteiger partial charge in [0.1, 0.15) is 23.4 Å². The van der Waals surface area contributed by atoms with Gasteiger partial charge in [0.05, 0.1) is 18.2 Å². The van der Waals surface area contributed by atoms with Gasteiger partial charge in [0.15, 0.2) is 10.4 Å². The molecule has 2 unspecified atom stereocenters. The van der Waals surface area contributed by atoms with Gasteiger partial charge in [-0.05, 0) is 11.5 Å². The maximum atomic E-state index is 12.8. The van der Waals surface area contributed by atoms with Crippen LogP contribution in [0.1, 0.15) is 29.2 Å². The van der Waals surface area contributed by atoms with Gasteiger partial charge < -0.3 is 19.4 Å². The normalized spacial score (nSPS) is 27.1. The first kappa shape index (κ1) is 18.0. The fraction of sp³-hybridized carbons (Fsp3) is 0.400. The van der Waals surface area contributed by atoms with Crippen molar-refractivity contribution >= 4 is 51.5 Å². The van der Waals surface area contributed by atoms with E-state index in [2.05, 4.69) is 21.0 Å². The number of hydrogen-bond donors (Lipinski definition) is 0. The quantitative estimate of drug-likeness (QED) is 0.327. The number of halogens is 1. The van der Waals surface area contributed by atoms with Crippen LogP contribution in [-0.2, 0) is 30.4 Å². The smallest absolute Gasteiger partial charge is 0.356 e. The molecule has 0 radical (unpaired) electrons. The molecule has 1 aromatic rings. The number of aliphatic carboxylic acids is 1. The molecule has 0 bridgehead atoms. The van der Waals surface area contributed by atoms with E-state index in [9.17, 15) is 24.3 Å². The summed E-state index contributed by atoms with van der Waals surface area (Å²) in [5, 5.41) is 16.1. The summed E-state index contributed by atoms with van der Waals surface area (Å²) >= 11 is 4.44. The number of β-lactam (4-membered cyclic amide) rings is 1. The van der Waals surface area contributed by atoms with Crippen molar-refractivity contribution in [2.75, 3.05) is 6.61 Å². The molecule has 4 heterocycles. The highest BCUT2D eigenvalue weighted by Gasteiger charge is 2.68. The molecule has 3 aliphatic rings. The standard InChI is InChI=1S/C15H12BrN3O7S/c1-6(20)26-10(7-4-8-12(23)25-3-2-18(8)17-7)15(16)13(24)19-9(11(21)22)5-27-14(15)19/h4-5,10,14H,2-3H2,1H3,(H,21,22)/p-1/t10?,14-,15?/m1/s1. The van der Waals surface area contributed by atoms with Crippen molar-refractivity contribution in [3.63, 3.8) is 0 Å². The molecule has 27 heavy (non-hydrogen) atoms. The minimum atomic E-state index is -1.47. The number of carbonyl (C=O) groups is 4. The van der Waals surface area contributed by atoms with Crippen molar-refractivity contribution in [1.82, 2.24) is 14.7 Å². The molecule has 4 rings (SSSR count). The number of alkyl halides is 1. The third-order valence-corrected chi connectivity index (χ3v) is 7.09. The third-order valence-electron chi connectivity index (χ3n) is 4.40. The van der Waals surface area contributed by atoms with E-state index in [0.29, 0.717) is 6.54 Å². The van der Waals surface area contributed by atoms with Gasteiger partial charge in [-0.2, -0.15) is 5.10 Å². The minimum absolute atomic E-state index is 0.161. The Kier molecular flexibility index (Phi) is 4.07. The molecule has 0 N–H and O–H groups in total. The average molecular weight is 457 g/mol. The molecule has 1 fully saturated rings. The predicted molar refractivity (Wildman–Crippen MR) is 90.0 cm³/mol. The lowest BCUT2D eigenvalue weighted by Gasteiger charge is -2.51. The number of esters is 2.